The van der Waals surface area contributed by atoms with Gasteiger partial charge in [0.05, 0.1) is 31.7 Å². The number of amides is 2. The Kier molecular flexibility index (Phi) is 5.70. The molecule has 2 N–H and O–H groups in total. The Morgan fingerprint density at radius 2 is 1.91 bits per heavy atom. The highest BCUT2D eigenvalue weighted by Gasteiger charge is 2.25. The first kappa shape index (κ1) is 22.0. The second-order valence-corrected chi connectivity index (χ2v) is 9.85. The van der Waals surface area contributed by atoms with Crippen molar-refractivity contribution in [1.29, 1.82) is 0 Å². The summed E-state index contributed by atoms with van der Waals surface area (Å²) in [6.07, 6.45) is 1.73. The van der Waals surface area contributed by atoms with Crippen LogP contribution in [-0.2, 0) is 11.3 Å². The highest BCUT2D eigenvalue weighted by atomic mass is 35.5. The van der Waals surface area contributed by atoms with Crippen LogP contribution in [0.25, 0.3) is 39.5 Å². The van der Waals surface area contributed by atoms with E-state index in [-0.39, 0.29) is 11.1 Å². The number of carbonyl (C=O) groups excluding carboxylic acids is 2. The maximum absolute atomic E-state index is 11.9. The molecule has 0 saturated carbocycles. The number of aromatic amines is 1. The van der Waals surface area contributed by atoms with Crippen molar-refractivity contribution in [2.24, 2.45) is 0 Å². The maximum atomic E-state index is 11.9. The van der Waals surface area contributed by atoms with Crippen LogP contribution in [0.4, 0.5) is 4.79 Å². The number of rotatable bonds is 5. The quantitative estimate of drug-likeness (QED) is 0.360. The van der Waals surface area contributed by atoms with Gasteiger partial charge in [0.2, 0.25) is 0 Å². The molecule has 2 amide bonds. The van der Waals surface area contributed by atoms with Crippen molar-refractivity contribution in [3.63, 3.8) is 0 Å². The summed E-state index contributed by atoms with van der Waals surface area (Å²) >= 11 is 13.3. The standard InChI is InChI=1S/C23H19Cl2N5O2S/c1-29(2)5-6-30-18-4-3-12(8-20-22(31)28-23(32)33-20)7-13(18)9-19(30)21-26-16-10-14(24)15(25)11-17(16)27-21/h3-4,7-11H,5-6H2,1-2H3,(H,26,27)(H,28,31,32)/b20-8-. The van der Waals surface area contributed by atoms with Gasteiger partial charge in [-0.1, -0.05) is 29.3 Å². The molecule has 0 spiro atoms. The number of halogens is 2. The minimum Gasteiger partial charge on any atom is -0.337 e. The van der Waals surface area contributed by atoms with E-state index in [0.717, 1.165) is 63.9 Å². The molecule has 5 rings (SSSR count). The third-order valence-corrected chi connectivity index (χ3v) is 6.94. The normalized spacial score (nSPS) is 15.5. The number of nitrogens with zero attached hydrogens (tertiary/aromatic N) is 3. The van der Waals surface area contributed by atoms with Gasteiger partial charge < -0.3 is 14.5 Å². The van der Waals surface area contributed by atoms with Gasteiger partial charge in [-0.3, -0.25) is 14.9 Å². The summed E-state index contributed by atoms with van der Waals surface area (Å²) in [7, 11) is 4.07. The number of likely N-dealkylation sites (N-methyl/N-ethyl adjacent to an activating group) is 1. The predicted molar refractivity (Wildman–Crippen MR) is 135 cm³/mol. The first-order valence-corrected chi connectivity index (χ1v) is 11.7. The molecule has 1 saturated heterocycles. The van der Waals surface area contributed by atoms with E-state index < -0.39 is 0 Å². The van der Waals surface area contributed by atoms with Crippen LogP contribution in [0.5, 0.6) is 0 Å². The van der Waals surface area contributed by atoms with E-state index in [0.29, 0.717) is 15.0 Å². The van der Waals surface area contributed by atoms with Crippen LogP contribution in [0, 0.1) is 0 Å². The SMILES string of the molecule is CN(C)CCn1c(-c2nc3cc(Cl)c(Cl)cc3[nH]2)cc2cc(/C=C3\SC(=O)NC3=O)ccc21. The molecule has 168 valence electrons. The summed E-state index contributed by atoms with van der Waals surface area (Å²) in [6, 6.07) is 11.6. The van der Waals surface area contributed by atoms with Gasteiger partial charge in [-0.25, -0.2) is 4.98 Å². The van der Waals surface area contributed by atoms with Crippen molar-refractivity contribution in [1.82, 2.24) is 24.8 Å². The van der Waals surface area contributed by atoms with E-state index in [1.165, 1.54) is 0 Å². The van der Waals surface area contributed by atoms with E-state index in [2.05, 4.69) is 25.8 Å². The Balaban J connectivity index is 1.62. The van der Waals surface area contributed by atoms with Gasteiger partial charge in [0.15, 0.2) is 5.82 Å². The number of H-pyrrole nitrogens is 1. The molecule has 0 unspecified atom stereocenters. The first-order valence-electron chi connectivity index (χ1n) is 10.2. The molecular weight excluding hydrogens is 481 g/mol. The number of aromatic nitrogens is 3. The molecule has 7 nitrogen and oxygen atoms in total. The molecule has 10 heteroatoms. The van der Waals surface area contributed by atoms with Gasteiger partial charge in [0.25, 0.3) is 11.1 Å². The van der Waals surface area contributed by atoms with Crippen LogP contribution >= 0.6 is 35.0 Å². The van der Waals surface area contributed by atoms with Crippen molar-refractivity contribution in [3.05, 3.63) is 56.9 Å². The largest absolute Gasteiger partial charge is 0.337 e. The van der Waals surface area contributed by atoms with Crippen molar-refractivity contribution in [3.8, 4) is 11.5 Å². The molecule has 2 aromatic carbocycles. The molecule has 1 aliphatic rings. The number of hydrogen-bond donors (Lipinski definition) is 2. The van der Waals surface area contributed by atoms with Gasteiger partial charge in [-0.2, -0.15) is 0 Å². The molecule has 1 fully saturated rings. The van der Waals surface area contributed by atoms with Crippen LogP contribution in [0.2, 0.25) is 10.0 Å². The summed E-state index contributed by atoms with van der Waals surface area (Å²) in [5.74, 6) is 0.350. The second-order valence-electron chi connectivity index (χ2n) is 8.02. The Bertz CT molecular complexity index is 1430. The highest BCUT2D eigenvalue weighted by molar-refractivity contribution is 8.18. The zero-order valence-corrected chi connectivity index (χ0v) is 20.1. The fourth-order valence-electron chi connectivity index (χ4n) is 3.81. The number of carbonyl (C=O) groups is 2. The third-order valence-electron chi connectivity index (χ3n) is 5.40. The van der Waals surface area contributed by atoms with Crippen molar-refractivity contribution in [2.75, 3.05) is 20.6 Å². The maximum Gasteiger partial charge on any atom is 0.290 e. The smallest absolute Gasteiger partial charge is 0.290 e. The topological polar surface area (TPSA) is 83.0 Å². The summed E-state index contributed by atoms with van der Waals surface area (Å²) < 4.78 is 2.22. The highest BCUT2D eigenvalue weighted by Crippen LogP contribution is 2.33. The molecule has 0 bridgehead atoms. The average molecular weight is 500 g/mol. The molecule has 33 heavy (non-hydrogen) atoms. The number of imide groups is 1. The number of nitrogens with one attached hydrogen (secondary N) is 2. The fraction of sp³-hybridized carbons (Fsp3) is 0.174. The Morgan fingerprint density at radius 1 is 1.12 bits per heavy atom. The molecule has 4 aromatic rings. The fourth-order valence-corrected chi connectivity index (χ4v) is 4.82. The van der Waals surface area contributed by atoms with Crippen LogP contribution in [0.1, 0.15) is 5.56 Å². The Morgan fingerprint density at radius 3 is 2.64 bits per heavy atom. The molecule has 2 aromatic heterocycles. The van der Waals surface area contributed by atoms with Gasteiger partial charge in [-0.15, -0.1) is 0 Å². The zero-order valence-electron chi connectivity index (χ0n) is 17.8. The summed E-state index contributed by atoms with van der Waals surface area (Å²) in [5, 5.41) is 3.86. The van der Waals surface area contributed by atoms with E-state index in [1.54, 1.807) is 18.2 Å². The van der Waals surface area contributed by atoms with Crippen LogP contribution < -0.4 is 5.32 Å². The lowest BCUT2D eigenvalue weighted by atomic mass is 10.1. The van der Waals surface area contributed by atoms with Crippen LogP contribution in [0.15, 0.2) is 41.3 Å². The minimum atomic E-state index is -0.367. The van der Waals surface area contributed by atoms with E-state index in [1.807, 2.05) is 32.3 Å². The summed E-state index contributed by atoms with van der Waals surface area (Å²) in [5.41, 5.74) is 4.37. The Hall–Kier alpha value is -2.78. The molecule has 1 aliphatic heterocycles. The van der Waals surface area contributed by atoms with E-state index >= 15 is 0 Å². The average Bonchev–Trinajstić information content (AvgIpc) is 3.41. The Labute approximate surface area is 203 Å². The molecule has 3 heterocycles. The lowest BCUT2D eigenvalue weighted by molar-refractivity contribution is -0.115. The molecule has 0 aliphatic carbocycles. The van der Waals surface area contributed by atoms with Gasteiger partial charge in [-0.05, 0) is 67.8 Å². The number of fused-ring (bicyclic) bond motifs is 2. The van der Waals surface area contributed by atoms with Gasteiger partial charge in [0, 0.05) is 24.0 Å². The van der Waals surface area contributed by atoms with Crippen LogP contribution in [0.3, 0.4) is 0 Å². The van der Waals surface area contributed by atoms with E-state index in [9.17, 15) is 9.59 Å². The number of hydrogen-bond acceptors (Lipinski definition) is 5. The third kappa shape index (κ3) is 4.27. The number of thioether (sulfide) groups is 1. The summed E-state index contributed by atoms with van der Waals surface area (Å²) in [4.78, 5) is 34.0. The lowest BCUT2D eigenvalue weighted by Crippen LogP contribution is -2.18. The minimum absolute atomic E-state index is 0.352. The summed E-state index contributed by atoms with van der Waals surface area (Å²) in [6.45, 7) is 1.61. The zero-order chi connectivity index (χ0) is 23.3. The van der Waals surface area contributed by atoms with Gasteiger partial charge >= 0.3 is 0 Å². The number of benzene rings is 2. The van der Waals surface area contributed by atoms with Crippen molar-refractivity contribution < 1.29 is 9.59 Å². The molecule has 0 atom stereocenters. The number of imidazole rings is 1. The monoisotopic (exact) mass is 499 g/mol. The second kappa shape index (κ2) is 8.53. The van der Waals surface area contributed by atoms with Crippen molar-refractivity contribution in [2.45, 2.75) is 6.54 Å². The van der Waals surface area contributed by atoms with E-state index in [4.69, 9.17) is 28.2 Å². The van der Waals surface area contributed by atoms with Crippen LogP contribution in [-0.4, -0.2) is 51.2 Å². The van der Waals surface area contributed by atoms with Crippen molar-refractivity contribution >= 4 is 74.1 Å². The first-order chi connectivity index (χ1) is 15.8. The molecule has 0 radical (unpaired) electrons. The lowest BCUT2D eigenvalue weighted by Gasteiger charge is -2.13. The predicted octanol–water partition coefficient (Wildman–Crippen LogP) is 5.38. The van der Waals surface area contributed by atoms with Gasteiger partial charge in [0.1, 0.15) is 0 Å². The molecular formula is C23H19Cl2N5O2S.